The zero-order valence-corrected chi connectivity index (χ0v) is 41.1. The van der Waals surface area contributed by atoms with Crippen molar-refractivity contribution in [2.45, 2.75) is 119 Å². The molecule has 0 amide bonds. The molecule has 5 aromatic carbocycles. The molecule has 0 radical (unpaired) electrons. The zero-order chi connectivity index (χ0) is 41.5. The molecule has 2 aromatic heterocycles. The molecule has 0 aliphatic heterocycles. The first-order valence-electron chi connectivity index (χ1n) is 22.3. The number of rotatable bonds is 12. The van der Waals surface area contributed by atoms with Crippen molar-refractivity contribution in [2.75, 3.05) is 0 Å². The van der Waals surface area contributed by atoms with E-state index in [4.69, 9.17) is 0 Å². The van der Waals surface area contributed by atoms with Gasteiger partial charge in [-0.2, -0.15) is 0 Å². The molecular weight excluding hydrogens is 769 g/mol. The monoisotopic (exact) mass is 834 g/mol. The van der Waals surface area contributed by atoms with Gasteiger partial charge in [-0.15, -0.1) is 33.8 Å². The van der Waals surface area contributed by atoms with Crippen LogP contribution in [0.4, 0.5) is 0 Å². The van der Waals surface area contributed by atoms with E-state index in [-0.39, 0.29) is 0 Å². The van der Waals surface area contributed by atoms with Gasteiger partial charge in [0.15, 0.2) is 0 Å². The molecule has 0 fully saturated rings. The molecule has 0 spiro atoms. The number of benzene rings is 5. The summed E-state index contributed by atoms with van der Waals surface area (Å²) in [6.07, 6.45) is 0. The first kappa shape index (κ1) is 42.7. The fourth-order valence-electron chi connectivity index (χ4n) is 10.8. The fourth-order valence-corrected chi connectivity index (χ4v) is 24.8. The molecular formula is C54H66S2Si2. The van der Waals surface area contributed by atoms with Crippen LogP contribution in [0, 0.1) is 58.4 Å². The van der Waals surface area contributed by atoms with Crippen LogP contribution in [-0.4, -0.2) is 16.1 Å². The maximum Gasteiger partial charge on any atom is 0.139 e. The van der Waals surface area contributed by atoms with Crippen LogP contribution < -0.4 is 0 Å². The normalized spacial score (nSPS) is 12.9. The molecule has 0 nitrogen and oxygen atoms in total. The van der Waals surface area contributed by atoms with Crippen molar-refractivity contribution in [3.05, 3.63) is 83.9 Å². The molecule has 0 atom stereocenters. The molecule has 0 N–H and O–H groups in total. The summed E-state index contributed by atoms with van der Waals surface area (Å²) in [7, 11) is -3.97. The van der Waals surface area contributed by atoms with Gasteiger partial charge >= 0.3 is 0 Å². The van der Waals surface area contributed by atoms with Gasteiger partial charge in [-0.25, -0.2) is 0 Å². The highest BCUT2D eigenvalue weighted by Gasteiger charge is 2.35. The molecule has 58 heavy (non-hydrogen) atoms. The van der Waals surface area contributed by atoms with Gasteiger partial charge in [-0.05, 0) is 119 Å². The van der Waals surface area contributed by atoms with Gasteiger partial charge in [0.05, 0.1) is 0 Å². The largest absolute Gasteiger partial charge is 0.139 e. The van der Waals surface area contributed by atoms with Crippen LogP contribution in [-0.2, 0) is 0 Å². The molecule has 0 aliphatic carbocycles. The van der Waals surface area contributed by atoms with Crippen molar-refractivity contribution in [1.82, 2.24) is 0 Å². The van der Waals surface area contributed by atoms with Crippen molar-refractivity contribution in [3.8, 4) is 22.9 Å². The topological polar surface area (TPSA) is 0 Å². The Morgan fingerprint density at radius 2 is 0.655 bits per heavy atom. The summed E-state index contributed by atoms with van der Waals surface area (Å²) in [5.41, 5.74) is 11.0. The molecule has 0 unspecified atom stereocenters. The SMILES string of the molecule is CC(C)C[Si](C#Cc1c2cc3sc4ccccc4c3cc2c(C#C[Si](CC(C)C)(CC(C)C)CC(C)C)c2cc3c(cc12)sc1ccccc13)(CC(C)C)CC(C)C. The number of hydrogen-bond acceptors (Lipinski definition) is 2. The summed E-state index contributed by atoms with van der Waals surface area (Å²) in [6, 6.07) is 35.5. The average molecular weight is 835 g/mol. The van der Waals surface area contributed by atoms with Gasteiger partial charge in [-0.1, -0.05) is 131 Å². The van der Waals surface area contributed by atoms with Crippen molar-refractivity contribution >= 4 is 101 Å². The van der Waals surface area contributed by atoms with Crippen LogP contribution in [0.3, 0.4) is 0 Å². The van der Waals surface area contributed by atoms with Crippen LogP contribution in [0.5, 0.6) is 0 Å². The van der Waals surface area contributed by atoms with E-state index in [0.29, 0.717) is 35.5 Å². The van der Waals surface area contributed by atoms with E-state index in [1.54, 1.807) is 0 Å². The Kier molecular flexibility index (Phi) is 12.7. The van der Waals surface area contributed by atoms with Crippen LogP contribution in [0.15, 0.2) is 72.8 Å². The van der Waals surface area contributed by atoms with Crippen LogP contribution in [0.25, 0.3) is 61.9 Å². The van der Waals surface area contributed by atoms with E-state index < -0.39 is 16.1 Å². The van der Waals surface area contributed by atoms with E-state index >= 15 is 0 Å². The van der Waals surface area contributed by atoms with Gasteiger partial charge in [0.1, 0.15) is 16.1 Å². The third-order valence-electron chi connectivity index (χ3n) is 11.8. The van der Waals surface area contributed by atoms with Gasteiger partial charge in [0.2, 0.25) is 0 Å². The summed E-state index contributed by atoms with van der Waals surface area (Å²) in [4.78, 5) is 0. The Bertz CT molecular complexity index is 2550. The van der Waals surface area contributed by atoms with Gasteiger partial charge < -0.3 is 0 Å². The smallest absolute Gasteiger partial charge is 0.135 e. The van der Waals surface area contributed by atoms with E-state index in [0.717, 1.165) is 0 Å². The summed E-state index contributed by atoms with van der Waals surface area (Å²) in [6.45, 7) is 29.0. The van der Waals surface area contributed by atoms with E-state index in [9.17, 15) is 0 Å². The minimum Gasteiger partial charge on any atom is -0.135 e. The summed E-state index contributed by atoms with van der Waals surface area (Å²) >= 11 is 3.84. The Morgan fingerprint density at radius 1 is 0.362 bits per heavy atom. The molecule has 2 heterocycles. The maximum atomic E-state index is 4.29. The molecule has 302 valence electrons. The van der Waals surface area contributed by atoms with Gasteiger partial charge in [0.25, 0.3) is 0 Å². The minimum atomic E-state index is -1.99. The Morgan fingerprint density at radius 3 is 0.966 bits per heavy atom. The zero-order valence-electron chi connectivity index (χ0n) is 37.5. The molecule has 4 heteroatoms. The molecule has 7 rings (SSSR count). The van der Waals surface area contributed by atoms with Crippen LogP contribution >= 0.6 is 22.7 Å². The van der Waals surface area contributed by atoms with E-state index in [1.807, 2.05) is 22.7 Å². The molecule has 0 saturated heterocycles. The van der Waals surface area contributed by atoms with E-state index in [2.05, 4.69) is 179 Å². The number of thiophene rings is 2. The molecule has 0 aliphatic rings. The summed E-state index contributed by atoms with van der Waals surface area (Å²) in [5, 5.41) is 10.5. The Hall–Kier alpha value is -3.39. The van der Waals surface area contributed by atoms with Crippen molar-refractivity contribution in [1.29, 1.82) is 0 Å². The molecule has 7 aromatic rings. The predicted molar refractivity (Wildman–Crippen MR) is 270 cm³/mol. The quantitative estimate of drug-likeness (QED) is 0.0653. The second-order valence-corrected chi connectivity index (χ2v) is 30.6. The van der Waals surface area contributed by atoms with Crippen LogP contribution in [0.1, 0.15) is 94.2 Å². The van der Waals surface area contributed by atoms with Crippen LogP contribution in [0.2, 0.25) is 36.3 Å². The third-order valence-corrected chi connectivity index (χ3v) is 25.0. The average Bonchev–Trinajstić information content (AvgIpc) is 3.67. The van der Waals surface area contributed by atoms with Gasteiger partial charge in [0, 0.05) is 62.2 Å². The Labute approximate surface area is 360 Å². The first-order chi connectivity index (χ1) is 27.6. The lowest BCUT2D eigenvalue weighted by Gasteiger charge is -2.31. The lowest BCUT2D eigenvalue weighted by Crippen LogP contribution is -2.37. The van der Waals surface area contributed by atoms with Crippen molar-refractivity contribution < 1.29 is 0 Å². The van der Waals surface area contributed by atoms with Crippen molar-refractivity contribution in [3.63, 3.8) is 0 Å². The first-order valence-corrected chi connectivity index (χ1v) is 29.2. The second-order valence-electron chi connectivity index (χ2n) is 20.4. The number of hydrogen-bond donors (Lipinski definition) is 0. The van der Waals surface area contributed by atoms with Gasteiger partial charge in [-0.3, -0.25) is 0 Å². The maximum absolute atomic E-state index is 4.29. The molecule has 0 saturated carbocycles. The van der Waals surface area contributed by atoms with E-state index in [1.165, 1.54) is 109 Å². The Balaban J connectivity index is 1.67. The minimum absolute atomic E-state index is 0.630. The lowest BCUT2D eigenvalue weighted by molar-refractivity contribution is 0.650. The highest BCUT2D eigenvalue weighted by molar-refractivity contribution is 7.26. The second kappa shape index (κ2) is 17.3. The highest BCUT2D eigenvalue weighted by atomic mass is 32.1. The summed E-state index contributed by atoms with van der Waals surface area (Å²) in [5.74, 6) is 12.1. The fraction of sp³-hybridized carbons (Fsp3) is 0.444. The molecule has 0 bridgehead atoms. The predicted octanol–water partition coefficient (Wildman–Crippen LogP) is 17.3. The standard InChI is InChI=1S/C54H66S2Si2/c1-35(2)29-57(30-36(3)4,31-37(5)6)23-21-41-45-25-49-43-17-13-15-19-51(43)55-53(49)27-47(45)42(22-24-58(32-38(7)8,33-39(9)10)34-40(11)12)48-28-54-50(26-46(41)48)44-18-14-16-20-52(44)56-54/h13-20,25-28,35-40H,29-34H2,1-12H3. The lowest BCUT2D eigenvalue weighted by atomic mass is 9.90. The number of fused-ring (bicyclic) bond motifs is 8. The van der Waals surface area contributed by atoms with Crippen molar-refractivity contribution in [2.24, 2.45) is 35.5 Å². The third kappa shape index (κ3) is 9.03. The highest BCUT2D eigenvalue weighted by Crippen LogP contribution is 2.44. The summed E-state index contributed by atoms with van der Waals surface area (Å²) < 4.78 is 5.38.